The van der Waals surface area contributed by atoms with Crippen LogP contribution in [0.4, 0.5) is 0 Å². The Morgan fingerprint density at radius 1 is 1.15 bits per heavy atom. The van der Waals surface area contributed by atoms with Crippen LogP contribution in [0.15, 0.2) is 36.4 Å². The van der Waals surface area contributed by atoms with E-state index in [4.69, 9.17) is 16.3 Å². The number of aryl methyl sites for hydroxylation is 1. The van der Waals surface area contributed by atoms with Gasteiger partial charge in [0.15, 0.2) is 0 Å². The molecule has 2 N–H and O–H groups in total. The summed E-state index contributed by atoms with van der Waals surface area (Å²) in [5.74, 6) is 0.890. The van der Waals surface area contributed by atoms with Gasteiger partial charge in [-0.2, -0.15) is 0 Å². The third kappa shape index (κ3) is 5.20. The van der Waals surface area contributed by atoms with E-state index in [1.165, 1.54) is 16.7 Å². The Labute approximate surface area is 170 Å². The maximum Gasteiger partial charge on any atom is 0.119 e. The molecule has 5 heteroatoms. The van der Waals surface area contributed by atoms with Crippen molar-refractivity contribution in [1.29, 1.82) is 0 Å². The van der Waals surface area contributed by atoms with E-state index >= 15 is 0 Å². The van der Waals surface area contributed by atoms with Crippen LogP contribution in [-0.4, -0.2) is 34.8 Å². The van der Waals surface area contributed by atoms with Crippen molar-refractivity contribution in [3.05, 3.63) is 63.7 Å². The lowest BCUT2D eigenvalue weighted by atomic mass is 9.96. The van der Waals surface area contributed by atoms with E-state index in [9.17, 15) is 10.2 Å². The zero-order valence-corrected chi connectivity index (χ0v) is 17.4. The second-order valence-corrected chi connectivity index (χ2v) is 9.02. The highest BCUT2D eigenvalue weighted by molar-refractivity contribution is 8.00. The van der Waals surface area contributed by atoms with Gasteiger partial charge in [-0.1, -0.05) is 29.8 Å². The summed E-state index contributed by atoms with van der Waals surface area (Å²) in [5, 5.41) is 20.7. The first-order valence-electron chi connectivity index (χ1n) is 9.45. The number of benzene rings is 2. The number of rotatable bonds is 6. The summed E-state index contributed by atoms with van der Waals surface area (Å²) in [6.07, 6.45) is 1.77. The maximum atomic E-state index is 10.1. The summed E-state index contributed by atoms with van der Waals surface area (Å²) >= 11 is 8.23. The van der Waals surface area contributed by atoms with E-state index in [1.54, 1.807) is 11.8 Å². The van der Waals surface area contributed by atoms with Gasteiger partial charge in [0.25, 0.3) is 0 Å². The largest absolute Gasteiger partial charge is 0.494 e. The monoisotopic (exact) mass is 406 g/mol. The fourth-order valence-electron chi connectivity index (χ4n) is 3.58. The molecule has 2 aromatic carbocycles. The lowest BCUT2D eigenvalue weighted by molar-refractivity contribution is 0.137. The molecule has 1 saturated heterocycles. The Kier molecular flexibility index (Phi) is 7.10. The van der Waals surface area contributed by atoms with Crippen LogP contribution in [0.25, 0.3) is 0 Å². The molecule has 2 aromatic rings. The highest BCUT2D eigenvalue weighted by Crippen LogP contribution is 2.43. The third-order valence-electron chi connectivity index (χ3n) is 5.03. The molecule has 0 bridgehead atoms. The van der Waals surface area contributed by atoms with Crippen LogP contribution in [0.3, 0.4) is 0 Å². The van der Waals surface area contributed by atoms with E-state index in [0.29, 0.717) is 19.4 Å². The van der Waals surface area contributed by atoms with Gasteiger partial charge in [0, 0.05) is 15.5 Å². The highest BCUT2D eigenvalue weighted by atomic mass is 35.5. The van der Waals surface area contributed by atoms with Gasteiger partial charge in [-0.25, -0.2) is 0 Å². The molecule has 0 amide bonds. The van der Waals surface area contributed by atoms with Crippen molar-refractivity contribution >= 4 is 23.4 Å². The average Bonchev–Trinajstić information content (AvgIpc) is 2.65. The molecule has 1 fully saturated rings. The molecule has 0 saturated carbocycles. The van der Waals surface area contributed by atoms with Gasteiger partial charge in [-0.05, 0) is 73.6 Å². The maximum absolute atomic E-state index is 10.1. The number of hydrogen-bond acceptors (Lipinski definition) is 4. The molecule has 0 radical (unpaired) electrons. The van der Waals surface area contributed by atoms with Crippen molar-refractivity contribution in [1.82, 2.24) is 0 Å². The molecule has 3 nitrogen and oxygen atoms in total. The first kappa shape index (κ1) is 20.5. The first-order chi connectivity index (χ1) is 13.0. The quantitative estimate of drug-likeness (QED) is 0.714. The summed E-state index contributed by atoms with van der Waals surface area (Å²) < 4.78 is 5.57. The number of thioether (sulfide) groups is 1. The average molecular weight is 407 g/mol. The van der Waals surface area contributed by atoms with Gasteiger partial charge in [0.05, 0.1) is 19.3 Å². The fraction of sp³-hybridized carbons (Fsp3) is 0.455. The second kappa shape index (κ2) is 9.33. The molecule has 1 aliphatic heterocycles. The van der Waals surface area contributed by atoms with E-state index in [0.717, 1.165) is 22.8 Å². The Morgan fingerprint density at radius 2 is 1.96 bits per heavy atom. The van der Waals surface area contributed by atoms with Crippen LogP contribution in [0.5, 0.6) is 5.75 Å². The van der Waals surface area contributed by atoms with Crippen LogP contribution < -0.4 is 4.74 Å². The van der Waals surface area contributed by atoms with Crippen LogP contribution in [0.1, 0.15) is 47.3 Å². The Balaban J connectivity index is 1.81. The smallest absolute Gasteiger partial charge is 0.119 e. The van der Waals surface area contributed by atoms with Gasteiger partial charge in [-0.15, -0.1) is 11.8 Å². The minimum Gasteiger partial charge on any atom is -0.494 e. The number of aliphatic hydroxyl groups excluding tert-OH is 2. The summed E-state index contributed by atoms with van der Waals surface area (Å²) in [7, 11) is 0. The van der Waals surface area contributed by atoms with E-state index < -0.39 is 0 Å². The Morgan fingerprint density at radius 3 is 2.67 bits per heavy atom. The molecular weight excluding hydrogens is 380 g/mol. The van der Waals surface area contributed by atoms with Crippen molar-refractivity contribution in [2.24, 2.45) is 0 Å². The fourth-order valence-corrected chi connectivity index (χ4v) is 5.29. The molecule has 0 spiro atoms. The molecule has 3 rings (SSSR count). The van der Waals surface area contributed by atoms with Crippen LogP contribution in [0, 0.1) is 6.92 Å². The molecule has 3 atom stereocenters. The van der Waals surface area contributed by atoms with Gasteiger partial charge in [-0.3, -0.25) is 0 Å². The van der Waals surface area contributed by atoms with Gasteiger partial charge < -0.3 is 14.9 Å². The molecule has 1 heterocycles. The van der Waals surface area contributed by atoms with Crippen molar-refractivity contribution in [3.63, 3.8) is 0 Å². The van der Waals surface area contributed by atoms with E-state index in [2.05, 4.69) is 25.1 Å². The number of aliphatic hydroxyl groups is 2. The standard InChI is InChI=1S/C22H27ClO3S/c1-3-26-19-6-4-15(14(2)8-19)9-17-10-16(5-7-21(17)23)22-12-18(25)11-20(13-24)27-22/h4-8,10,18,20,22,24-25H,3,9,11-13H2,1-2H3/t18-,20-,22+/m0/s1. The molecule has 0 aliphatic carbocycles. The predicted octanol–water partition coefficient (Wildman–Crippen LogP) is 4.93. The van der Waals surface area contributed by atoms with Gasteiger partial charge >= 0.3 is 0 Å². The predicted molar refractivity (Wildman–Crippen MR) is 113 cm³/mol. The summed E-state index contributed by atoms with van der Waals surface area (Å²) in [4.78, 5) is 0. The Hall–Kier alpha value is -1.20. The zero-order chi connectivity index (χ0) is 19.4. The summed E-state index contributed by atoms with van der Waals surface area (Å²) in [6, 6.07) is 12.3. The third-order valence-corrected chi connectivity index (χ3v) is 6.92. The van der Waals surface area contributed by atoms with Crippen molar-refractivity contribution in [2.75, 3.05) is 13.2 Å². The van der Waals surface area contributed by atoms with Crippen molar-refractivity contribution in [2.45, 2.75) is 49.7 Å². The Bertz CT molecular complexity index is 780. The normalized spacial score (nSPS) is 22.6. The van der Waals surface area contributed by atoms with Crippen LogP contribution >= 0.6 is 23.4 Å². The van der Waals surface area contributed by atoms with Gasteiger partial charge in [0.1, 0.15) is 5.75 Å². The van der Waals surface area contributed by atoms with E-state index in [-0.39, 0.29) is 23.2 Å². The lowest BCUT2D eigenvalue weighted by Crippen LogP contribution is -2.26. The summed E-state index contributed by atoms with van der Waals surface area (Å²) in [5.41, 5.74) is 4.66. The molecule has 1 aliphatic rings. The van der Waals surface area contributed by atoms with Crippen molar-refractivity contribution < 1.29 is 14.9 Å². The van der Waals surface area contributed by atoms with E-state index in [1.807, 2.05) is 25.1 Å². The zero-order valence-electron chi connectivity index (χ0n) is 15.8. The minimum absolute atomic E-state index is 0.0891. The molecule has 27 heavy (non-hydrogen) atoms. The van der Waals surface area contributed by atoms with Crippen molar-refractivity contribution in [3.8, 4) is 5.75 Å². The van der Waals surface area contributed by atoms with Crippen LogP contribution in [0.2, 0.25) is 5.02 Å². The highest BCUT2D eigenvalue weighted by Gasteiger charge is 2.29. The minimum atomic E-state index is -0.360. The number of ether oxygens (including phenoxy) is 1. The number of hydrogen-bond donors (Lipinski definition) is 2. The molecule has 0 aromatic heterocycles. The summed E-state index contributed by atoms with van der Waals surface area (Å²) in [6.45, 7) is 4.83. The van der Waals surface area contributed by atoms with Gasteiger partial charge in [0.2, 0.25) is 0 Å². The topological polar surface area (TPSA) is 49.7 Å². The molecule has 146 valence electrons. The number of halogens is 1. The molecule has 0 unspecified atom stereocenters. The lowest BCUT2D eigenvalue weighted by Gasteiger charge is -2.31. The SMILES string of the molecule is CCOc1ccc(Cc2cc([C@H]3C[C@@H](O)C[C@@H](CO)S3)ccc2Cl)c(C)c1. The van der Waals surface area contributed by atoms with Crippen LogP contribution in [-0.2, 0) is 6.42 Å². The second-order valence-electron chi connectivity index (χ2n) is 7.10. The first-order valence-corrected chi connectivity index (χ1v) is 10.8. The molecular formula is C22H27ClO3S.